The fourth-order valence-corrected chi connectivity index (χ4v) is 6.97. The second kappa shape index (κ2) is 16.7. The molecule has 6 nitrogen and oxygen atoms in total. The minimum atomic E-state index is -1.94. The van der Waals surface area contributed by atoms with Gasteiger partial charge in [0.05, 0.1) is 6.17 Å². The molecular formula is C22H53N6P. The average molecular weight is 433 g/mol. The van der Waals surface area contributed by atoms with Crippen LogP contribution in [0.1, 0.15) is 85.0 Å². The zero-order chi connectivity index (χ0) is 22.3. The van der Waals surface area contributed by atoms with Crippen LogP contribution in [-0.4, -0.2) is 80.6 Å². The Balaban J connectivity index is 5.87. The van der Waals surface area contributed by atoms with E-state index in [1.54, 1.807) is 0 Å². The van der Waals surface area contributed by atoms with Crippen molar-refractivity contribution in [2.75, 3.05) is 55.4 Å². The van der Waals surface area contributed by atoms with Gasteiger partial charge < -0.3 is 5.32 Å². The normalized spacial score (nSPS) is 13.8. The highest BCUT2D eigenvalue weighted by Gasteiger charge is 2.31. The van der Waals surface area contributed by atoms with Gasteiger partial charge in [-0.05, 0) is 68.1 Å². The molecule has 0 saturated heterocycles. The van der Waals surface area contributed by atoms with Gasteiger partial charge in [0.15, 0.2) is 7.51 Å². The average Bonchev–Trinajstić information content (AvgIpc) is 2.66. The maximum atomic E-state index is 5.52. The number of hydrogen-bond donors (Lipinski definition) is 1. The Bertz CT molecular complexity index is 400. The Morgan fingerprint density at radius 1 is 0.690 bits per heavy atom. The van der Waals surface area contributed by atoms with Crippen molar-refractivity contribution in [1.29, 1.82) is 0 Å². The van der Waals surface area contributed by atoms with Crippen molar-refractivity contribution in [1.82, 2.24) is 24.3 Å². The molecule has 0 bridgehead atoms. The van der Waals surface area contributed by atoms with Crippen LogP contribution in [0.15, 0.2) is 4.85 Å². The van der Waals surface area contributed by atoms with Crippen LogP contribution in [0.25, 0.3) is 0 Å². The lowest BCUT2D eigenvalue weighted by molar-refractivity contribution is 0.153. The van der Waals surface area contributed by atoms with Crippen molar-refractivity contribution in [2.24, 2.45) is 4.85 Å². The second-order valence-corrected chi connectivity index (χ2v) is 12.4. The van der Waals surface area contributed by atoms with Crippen LogP contribution in [0.2, 0.25) is 0 Å². The van der Waals surface area contributed by atoms with E-state index in [-0.39, 0.29) is 0 Å². The molecule has 0 aromatic heterocycles. The van der Waals surface area contributed by atoms with Gasteiger partial charge in [0, 0.05) is 6.54 Å². The van der Waals surface area contributed by atoms with E-state index < -0.39 is 7.51 Å². The van der Waals surface area contributed by atoms with Crippen molar-refractivity contribution in [3.05, 3.63) is 0 Å². The van der Waals surface area contributed by atoms with Crippen molar-refractivity contribution in [2.45, 2.75) is 91.1 Å². The first-order valence-corrected chi connectivity index (χ1v) is 13.5. The molecule has 1 unspecified atom stereocenters. The topological polar surface area (TPSA) is 37.4 Å². The quantitative estimate of drug-likeness (QED) is 0.130. The highest BCUT2D eigenvalue weighted by Crippen LogP contribution is 2.55. The van der Waals surface area contributed by atoms with E-state index in [0.29, 0.717) is 6.17 Å². The van der Waals surface area contributed by atoms with Crippen molar-refractivity contribution < 1.29 is 0 Å². The van der Waals surface area contributed by atoms with Gasteiger partial charge in [-0.3, -0.25) is 14.0 Å². The van der Waals surface area contributed by atoms with E-state index in [1.165, 1.54) is 64.2 Å². The first-order valence-electron chi connectivity index (χ1n) is 11.9. The molecule has 1 atom stereocenters. The van der Waals surface area contributed by atoms with Gasteiger partial charge in [0.2, 0.25) is 0 Å². The third-order valence-electron chi connectivity index (χ3n) is 5.44. The number of nitrogens with zero attached hydrogens (tertiary/aromatic N) is 5. The van der Waals surface area contributed by atoms with Gasteiger partial charge >= 0.3 is 0 Å². The highest BCUT2D eigenvalue weighted by atomic mass is 31.2. The van der Waals surface area contributed by atoms with Crippen molar-refractivity contribution >= 4 is 7.51 Å². The number of nitrogens with one attached hydrogen (secondary N) is 1. The van der Waals surface area contributed by atoms with Crippen LogP contribution in [0, 0.1) is 0 Å². The molecule has 0 radical (unpaired) electrons. The zero-order valence-corrected chi connectivity index (χ0v) is 22.1. The molecule has 0 aromatic rings. The maximum Gasteiger partial charge on any atom is 0.184 e. The van der Waals surface area contributed by atoms with E-state index in [9.17, 15) is 0 Å². The van der Waals surface area contributed by atoms with E-state index in [0.717, 1.165) is 13.1 Å². The van der Waals surface area contributed by atoms with Crippen LogP contribution in [0.5, 0.6) is 0 Å². The second-order valence-electron chi connectivity index (χ2n) is 8.71. The van der Waals surface area contributed by atoms with Gasteiger partial charge in [0.25, 0.3) is 0 Å². The van der Waals surface area contributed by atoms with Crippen molar-refractivity contribution in [3.8, 4) is 0 Å². The van der Waals surface area contributed by atoms with E-state index in [2.05, 4.69) is 87.4 Å². The number of hydrogen-bond acceptors (Lipinski definition) is 2. The molecule has 0 spiro atoms. The summed E-state index contributed by atoms with van der Waals surface area (Å²) >= 11 is 0. The summed E-state index contributed by atoms with van der Waals surface area (Å²) in [7, 11) is 11.1. The van der Waals surface area contributed by atoms with Crippen LogP contribution in [0.4, 0.5) is 0 Å². The largest absolute Gasteiger partial charge is 0.300 e. The SMILES string of the molecule is CCCCCCN(N=P(N(C)C)(N(C)C)N(C)C)C(CCCCC)NCCCC. The minimum absolute atomic E-state index is 0.328. The molecule has 0 aliphatic carbocycles. The smallest absolute Gasteiger partial charge is 0.184 e. The van der Waals surface area contributed by atoms with Gasteiger partial charge in [-0.2, -0.15) is 9.86 Å². The molecule has 0 aromatic carbocycles. The lowest BCUT2D eigenvalue weighted by Crippen LogP contribution is -2.45. The molecular weight excluding hydrogens is 379 g/mol. The minimum Gasteiger partial charge on any atom is -0.300 e. The fourth-order valence-electron chi connectivity index (χ4n) is 3.82. The van der Waals surface area contributed by atoms with Gasteiger partial charge in [-0.1, -0.05) is 65.7 Å². The van der Waals surface area contributed by atoms with Gasteiger partial charge in [-0.15, -0.1) is 0 Å². The van der Waals surface area contributed by atoms with Gasteiger partial charge in [0.1, 0.15) is 0 Å². The standard InChI is InChI=1S/C22H53N6P/c1-10-13-16-18-21-28(22(19-17-14-11-2)23-20-15-12-3)24-29(25(4)5,26(6)7)27(8)9/h22-23H,10-21H2,1-9H3. The summed E-state index contributed by atoms with van der Waals surface area (Å²) in [5.74, 6) is 0. The van der Waals surface area contributed by atoms with E-state index >= 15 is 0 Å². The van der Waals surface area contributed by atoms with Crippen LogP contribution < -0.4 is 5.32 Å². The third kappa shape index (κ3) is 10.3. The summed E-state index contributed by atoms with van der Waals surface area (Å²) in [6, 6.07) is 0. The molecule has 1 N–H and O–H groups in total. The van der Waals surface area contributed by atoms with Crippen LogP contribution >= 0.6 is 7.51 Å². The third-order valence-corrected chi connectivity index (χ3v) is 9.13. The van der Waals surface area contributed by atoms with Gasteiger partial charge in [-0.25, -0.2) is 0 Å². The summed E-state index contributed by atoms with van der Waals surface area (Å²) in [5.41, 5.74) is 0. The Morgan fingerprint density at radius 3 is 1.69 bits per heavy atom. The Labute approximate surface area is 183 Å². The molecule has 0 rings (SSSR count). The predicted octanol–water partition coefficient (Wildman–Crippen LogP) is 5.71. The Hall–Kier alpha value is 0.0300. The molecule has 176 valence electrons. The molecule has 29 heavy (non-hydrogen) atoms. The number of unbranched alkanes of at least 4 members (excludes halogenated alkanes) is 6. The summed E-state index contributed by atoms with van der Waals surface area (Å²) in [4.78, 5) is 5.52. The molecule has 0 aliphatic rings. The Morgan fingerprint density at radius 2 is 1.21 bits per heavy atom. The lowest BCUT2D eigenvalue weighted by Gasteiger charge is -2.43. The van der Waals surface area contributed by atoms with Crippen molar-refractivity contribution in [3.63, 3.8) is 0 Å². The van der Waals surface area contributed by atoms with E-state index in [4.69, 9.17) is 4.85 Å². The fraction of sp³-hybridized carbons (Fsp3) is 1.00. The summed E-state index contributed by atoms with van der Waals surface area (Å²) in [6.45, 7) is 8.94. The molecule has 0 heterocycles. The zero-order valence-electron chi connectivity index (χ0n) is 21.2. The van der Waals surface area contributed by atoms with Crippen LogP contribution in [-0.2, 0) is 0 Å². The summed E-state index contributed by atoms with van der Waals surface area (Å²) in [5, 5.41) is 6.28. The summed E-state index contributed by atoms with van der Waals surface area (Å²) < 4.78 is 6.96. The Kier molecular flexibility index (Phi) is 16.7. The van der Waals surface area contributed by atoms with Crippen LogP contribution in [0.3, 0.4) is 0 Å². The molecule has 0 saturated carbocycles. The predicted molar refractivity (Wildman–Crippen MR) is 132 cm³/mol. The molecule has 0 amide bonds. The maximum absolute atomic E-state index is 5.52. The molecule has 0 aliphatic heterocycles. The van der Waals surface area contributed by atoms with E-state index in [1.807, 2.05) is 0 Å². The highest BCUT2D eigenvalue weighted by molar-refractivity contribution is 7.58. The number of rotatable bonds is 18. The first-order chi connectivity index (χ1) is 13.8. The monoisotopic (exact) mass is 432 g/mol. The molecule has 0 fully saturated rings. The molecule has 7 heteroatoms. The first kappa shape index (κ1) is 29.0. The lowest BCUT2D eigenvalue weighted by atomic mass is 10.1. The summed E-state index contributed by atoms with van der Waals surface area (Å²) in [6.07, 6.45) is 12.9.